The zero-order valence-electron chi connectivity index (χ0n) is 24.6. The Morgan fingerprint density at radius 1 is 0.857 bits per heavy atom. The third-order valence-corrected chi connectivity index (χ3v) is 8.14. The summed E-state index contributed by atoms with van der Waals surface area (Å²) in [7, 11) is 0. The van der Waals surface area contributed by atoms with E-state index in [4.69, 9.17) is 4.74 Å². The van der Waals surface area contributed by atoms with Crippen LogP contribution in [-0.2, 0) is 17.8 Å². The molecule has 214 valence electrons. The highest BCUT2D eigenvalue weighted by Crippen LogP contribution is 2.29. The molecule has 0 radical (unpaired) electrons. The maximum atomic E-state index is 13.0. The van der Waals surface area contributed by atoms with Crippen molar-refractivity contribution in [2.75, 3.05) is 0 Å². The number of fused-ring (bicyclic) bond motifs is 1. The fraction of sp³-hybridized carbons (Fsp3) is 0.222. The number of carbonyl (C=O) groups excluding carboxylic acids is 2. The standard InChI is InChI=1S/C36H35IN2O3/c1-23-24(2)39(33-19-16-28(20-32(23)33)34(40)38-21-25-12-17-29(37)18-13-25)22-26-10-14-27(15-11-26)30-8-6-7-9-31(30)35(41)42-36(3,4)5/h6-20H,21-22H2,1-5H3,(H,38,40). The summed E-state index contributed by atoms with van der Waals surface area (Å²) in [5.41, 5.74) is 8.11. The van der Waals surface area contributed by atoms with E-state index in [1.165, 1.54) is 14.8 Å². The lowest BCUT2D eigenvalue weighted by atomic mass is 9.98. The molecule has 0 aliphatic rings. The van der Waals surface area contributed by atoms with E-state index in [0.29, 0.717) is 24.2 Å². The highest BCUT2D eigenvalue weighted by molar-refractivity contribution is 14.1. The number of aryl methyl sites for hydroxylation is 1. The molecule has 4 aromatic carbocycles. The van der Waals surface area contributed by atoms with Gasteiger partial charge in [-0.2, -0.15) is 0 Å². The van der Waals surface area contributed by atoms with E-state index in [1.807, 2.05) is 87.5 Å². The van der Waals surface area contributed by atoms with Crippen molar-refractivity contribution in [3.63, 3.8) is 0 Å². The van der Waals surface area contributed by atoms with E-state index in [-0.39, 0.29) is 11.9 Å². The SMILES string of the molecule is Cc1c(C)n(Cc2ccc(-c3ccccc3C(=O)OC(C)(C)C)cc2)c2ccc(C(=O)NCc3ccc(I)cc3)cc12. The number of halogens is 1. The Hall–Kier alpha value is -3.91. The molecular formula is C36H35IN2O3. The van der Waals surface area contributed by atoms with Crippen molar-refractivity contribution < 1.29 is 14.3 Å². The van der Waals surface area contributed by atoms with Crippen LogP contribution in [0.5, 0.6) is 0 Å². The van der Waals surface area contributed by atoms with Gasteiger partial charge in [-0.15, -0.1) is 0 Å². The first kappa shape index (κ1) is 29.6. The zero-order valence-corrected chi connectivity index (χ0v) is 26.8. The maximum Gasteiger partial charge on any atom is 0.339 e. The Kier molecular flexibility index (Phi) is 8.55. The zero-order chi connectivity index (χ0) is 30.0. The molecule has 0 fully saturated rings. The second-order valence-electron chi connectivity index (χ2n) is 11.6. The number of aromatic nitrogens is 1. The lowest BCUT2D eigenvalue weighted by molar-refractivity contribution is 0.00703. The predicted molar refractivity (Wildman–Crippen MR) is 178 cm³/mol. The topological polar surface area (TPSA) is 60.3 Å². The molecule has 1 heterocycles. The number of esters is 1. The highest BCUT2D eigenvalue weighted by atomic mass is 127. The summed E-state index contributed by atoms with van der Waals surface area (Å²) in [5.74, 6) is -0.405. The molecule has 5 nitrogen and oxygen atoms in total. The number of benzene rings is 4. The molecule has 0 aliphatic carbocycles. The Morgan fingerprint density at radius 2 is 1.52 bits per heavy atom. The van der Waals surface area contributed by atoms with Crippen LogP contribution < -0.4 is 5.32 Å². The maximum absolute atomic E-state index is 13.0. The summed E-state index contributed by atoms with van der Waals surface area (Å²) in [6, 6.07) is 30.0. The quantitative estimate of drug-likeness (QED) is 0.140. The van der Waals surface area contributed by atoms with Gasteiger partial charge in [0, 0.05) is 38.8 Å². The lowest BCUT2D eigenvalue weighted by Crippen LogP contribution is -2.24. The number of carbonyl (C=O) groups is 2. The third-order valence-electron chi connectivity index (χ3n) is 7.42. The smallest absolute Gasteiger partial charge is 0.339 e. The van der Waals surface area contributed by atoms with Gasteiger partial charge in [-0.1, -0.05) is 54.6 Å². The van der Waals surface area contributed by atoms with E-state index >= 15 is 0 Å². The first-order chi connectivity index (χ1) is 20.0. The van der Waals surface area contributed by atoms with Crippen molar-refractivity contribution in [2.24, 2.45) is 0 Å². The summed E-state index contributed by atoms with van der Waals surface area (Å²) in [6.07, 6.45) is 0. The minimum Gasteiger partial charge on any atom is -0.456 e. The molecule has 1 amide bonds. The Bertz CT molecular complexity index is 1760. The van der Waals surface area contributed by atoms with Crippen molar-refractivity contribution in [2.45, 2.75) is 53.3 Å². The predicted octanol–water partition coefficient (Wildman–Crippen LogP) is 8.46. The van der Waals surface area contributed by atoms with Crippen molar-refractivity contribution in [1.82, 2.24) is 9.88 Å². The van der Waals surface area contributed by atoms with Crippen molar-refractivity contribution >= 4 is 45.4 Å². The van der Waals surface area contributed by atoms with Gasteiger partial charge in [-0.05, 0) is 121 Å². The number of nitrogens with one attached hydrogen (secondary N) is 1. The first-order valence-electron chi connectivity index (χ1n) is 14.0. The Morgan fingerprint density at radius 3 is 2.21 bits per heavy atom. The number of rotatable bonds is 7. The molecule has 0 saturated heterocycles. The van der Waals surface area contributed by atoms with E-state index < -0.39 is 5.60 Å². The number of hydrogen-bond acceptors (Lipinski definition) is 3. The van der Waals surface area contributed by atoms with Gasteiger partial charge in [0.2, 0.25) is 0 Å². The van der Waals surface area contributed by atoms with Crippen LogP contribution in [0.3, 0.4) is 0 Å². The van der Waals surface area contributed by atoms with Gasteiger partial charge in [0.1, 0.15) is 5.60 Å². The summed E-state index contributed by atoms with van der Waals surface area (Å²) in [6.45, 7) is 11.0. The molecule has 42 heavy (non-hydrogen) atoms. The number of hydrogen-bond donors (Lipinski definition) is 1. The van der Waals surface area contributed by atoms with Gasteiger partial charge in [-0.25, -0.2) is 4.79 Å². The average molecular weight is 671 g/mol. The third kappa shape index (κ3) is 6.59. The molecule has 0 spiro atoms. The molecule has 5 aromatic rings. The molecule has 0 atom stereocenters. The van der Waals surface area contributed by atoms with Gasteiger partial charge < -0.3 is 14.6 Å². The van der Waals surface area contributed by atoms with E-state index in [0.717, 1.165) is 33.2 Å². The van der Waals surface area contributed by atoms with E-state index in [9.17, 15) is 9.59 Å². The fourth-order valence-electron chi connectivity index (χ4n) is 5.10. The number of amides is 1. The van der Waals surface area contributed by atoms with Crippen molar-refractivity contribution in [3.8, 4) is 11.1 Å². The summed E-state index contributed by atoms with van der Waals surface area (Å²) in [5, 5.41) is 4.12. The monoisotopic (exact) mass is 670 g/mol. The highest BCUT2D eigenvalue weighted by Gasteiger charge is 2.21. The minimum absolute atomic E-state index is 0.0810. The normalized spacial score (nSPS) is 11.5. The van der Waals surface area contributed by atoms with Gasteiger partial charge in [0.15, 0.2) is 0 Å². The molecule has 1 N–H and O–H groups in total. The van der Waals surface area contributed by atoms with Crippen LogP contribution >= 0.6 is 22.6 Å². The second-order valence-corrected chi connectivity index (χ2v) is 12.8. The van der Waals surface area contributed by atoms with Crippen LogP contribution in [0.25, 0.3) is 22.0 Å². The summed E-state index contributed by atoms with van der Waals surface area (Å²) < 4.78 is 9.10. The van der Waals surface area contributed by atoms with E-state index in [2.05, 4.69) is 70.6 Å². The largest absolute Gasteiger partial charge is 0.456 e. The minimum atomic E-state index is -0.560. The van der Waals surface area contributed by atoms with Crippen LogP contribution in [0.2, 0.25) is 0 Å². The molecule has 0 saturated carbocycles. The average Bonchev–Trinajstić information content (AvgIpc) is 3.20. The van der Waals surface area contributed by atoms with Crippen LogP contribution in [-0.4, -0.2) is 22.0 Å². The van der Waals surface area contributed by atoms with Gasteiger partial charge >= 0.3 is 5.97 Å². The van der Waals surface area contributed by atoms with Gasteiger partial charge in [0.05, 0.1) is 5.56 Å². The molecule has 0 bridgehead atoms. The van der Waals surface area contributed by atoms with Crippen molar-refractivity contribution in [1.29, 1.82) is 0 Å². The second kappa shape index (κ2) is 12.1. The summed E-state index contributed by atoms with van der Waals surface area (Å²) >= 11 is 2.28. The fourth-order valence-corrected chi connectivity index (χ4v) is 5.46. The Balaban J connectivity index is 1.35. The van der Waals surface area contributed by atoms with Crippen LogP contribution in [0, 0.1) is 17.4 Å². The van der Waals surface area contributed by atoms with Crippen LogP contribution in [0.15, 0.2) is 91.0 Å². The number of nitrogens with zero attached hydrogens (tertiary/aromatic N) is 1. The molecule has 0 unspecified atom stereocenters. The van der Waals surface area contributed by atoms with Crippen LogP contribution in [0.1, 0.15) is 63.9 Å². The van der Waals surface area contributed by atoms with E-state index in [1.54, 1.807) is 0 Å². The molecule has 5 rings (SSSR count). The molecule has 1 aromatic heterocycles. The van der Waals surface area contributed by atoms with Gasteiger partial charge in [0.25, 0.3) is 5.91 Å². The summed E-state index contributed by atoms with van der Waals surface area (Å²) in [4.78, 5) is 25.8. The molecular weight excluding hydrogens is 635 g/mol. The molecule has 6 heteroatoms. The van der Waals surface area contributed by atoms with Crippen molar-refractivity contribution in [3.05, 3.63) is 128 Å². The Labute approximate surface area is 261 Å². The number of ether oxygens (including phenoxy) is 1. The molecule has 0 aliphatic heterocycles. The first-order valence-corrected chi connectivity index (χ1v) is 15.1. The van der Waals surface area contributed by atoms with Gasteiger partial charge in [-0.3, -0.25) is 4.79 Å². The van der Waals surface area contributed by atoms with Crippen LogP contribution in [0.4, 0.5) is 0 Å². The lowest BCUT2D eigenvalue weighted by Gasteiger charge is -2.20.